The molecule has 0 aliphatic carbocycles. The number of nitrogens with one attached hydrogen (secondary N) is 2. The van der Waals surface area contributed by atoms with E-state index in [0.717, 1.165) is 19.4 Å². The van der Waals surface area contributed by atoms with Crippen molar-refractivity contribution in [2.24, 2.45) is 5.92 Å². The van der Waals surface area contributed by atoms with Gasteiger partial charge in [-0.15, -0.1) is 0 Å². The lowest BCUT2D eigenvalue weighted by Crippen LogP contribution is -2.47. The molecule has 110 valence electrons. The molecule has 1 saturated heterocycles. The first-order chi connectivity index (χ1) is 9.15. The summed E-state index contributed by atoms with van der Waals surface area (Å²) in [6, 6.07) is -0.828. The molecule has 3 N–H and O–H groups in total. The third-order valence-electron chi connectivity index (χ3n) is 2.81. The Morgan fingerprint density at radius 1 is 1.37 bits per heavy atom. The van der Waals surface area contributed by atoms with Crippen molar-refractivity contribution in [3.8, 4) is 0 Å². The van der Waals surface area contributed by atoms with Gasteiger partial charge in [0.2, 0.25) is 0 Å². The number of hydrogen-bond donors (Lipinski definition) is 3. The van der Waals surface area contributed by atoms with E-state index in [-0.39, 0.29) is 19.2 Å². The minimum atomic E-state index is -0.948. The molecule has 0 saturated carbocycles. The number of ether oxygens (including phenoxy) is 2. The number of carbonyl (C=O) groups excluding carboxylic acids is 1. The topological polar surface area (TPSA) is 96.9 Å². The van der Waals surface area contributed by atoms with Gasteiger partial charge in [-0.1, -0.05) is 6.92 Å². The number of rotatable bonds is 8. The fourth-order valence-electron chi connectivity index (χ4n) is 1.78. The third kappa shape index (κ3) is 5.89. The van der Waals surface area contributed by atoms with Crippen LogP contribution in [0.5, 0.6) is 0 Å². The Kier molecular flexibility index (Phi) is 7.20. The molecule has 1 fully saturated rings. The van der Waals surface area contributed by atoms with Crippen LogP contribution in [0.3, 0.4) is 0 Å². The van der Waals surface area contributed by atoms with Gasteiger partial charge in [-0.3, -0.25) is 4.79 Å². The van der Waals surface area contributed by atoms with E-state index in [1.165, 1.54) is 0 Å². The SMILES string of the molecule is CCCOCCCNC(=O)NC1COCC1C(=O)O. The Hall–Kier alpha value is -1.34. The van der Waals surface area contributed by atoms with E-state index in [9.17, 15) is 9.59 Å². The molecule has 1 heterocycles. The van der Waals surface area contributed by atoms with Crippen LogP contribution >= 0.6 is 0 Å². The normalized spacial score (nSPS) is 22.2. The smallest absolute Gasteiger partial charge is 0.315 e. The highest BCUT2D eigenvalue weighted by Crippen LogP contribution is 2.13. The first-order valence-electron chi connectivity index (χ1n) is 6.57. The van der Waals surface area contributed by atoms with Crippen LogP contribution in [0.25, 0.3) is 0 Å². The molecule has 0 aromatic heterocycles. The number of carbonyl (C=O) groups is 2. The molecule has 0 aromatic rings. The lowest BCUT2D eigenvalue weighted by Gasteiger charge is -2.16. The van der Waals surface area contributed by atoms with E-state index in [4.69, 9.17) is 14.6 Å². The summed E-state index contributed by atoms with van der Waals surface area (Å²) < 4.78 is 10.3. The second-order valence-corrected chi connectivity index (χ2v) is 4.45. The summed E-state index contributed by atoms with van der Waals surface area (Å²) in [6.45, 7) is 4.26. The van der Waals surface area contributed by atoms with Gasteiger partial charge in [0.15, 0.2) is 0 Å². The predicted octanol–water partition coefficient (Wildman–Crippen LogP) is 0.202. The van der Waals surface area contributed by atoms with Crippen LogP contribution in [-0.4, -0.2) is 56.1 Å². The van der Waals surface area contributed by atoms with Gasteiger partial charge in [0.25, 0.3) is 0 Å². The molecule has 19 heavy (non-hydrogen) atoms. The van der Waals surface area contributed by atoms with Crippen LogP contribution in [0.15, 0.2) is 0 Å². The van der Waals surface area contributed by atoms with E-state index in [1.807, 2.05) is 6.92 Å². The van der Waals surface area contributed by atoms with Gasteiger partial charge >= 0.3 is 12.0 Å². The lowest BCUT2D eigenvalue weighted by atomic mass is 10.0. The molecule has 2 atom stereocenters. The average Bonchev–Trinajstić information content (AvgIpc) is 2.81. The van der Waals surface area contributed by atoms with Crippen LogP contribution in [0, 0.1) is 5.92 Å². The molecule has 1 rings (SSSR count). The molecule has 1 aliphatic rings. The van der Waals surface area contributed by atoms with Crippen molar-refractivity contribution in [1.82, 2.24) is 10.6 Å². The van der Waals surface area contributed by atoms with Gasteiger partial charge in [0.1, 0.15) is 5.92 Å². The second kappa shape index (κ2) is 8.71. The summed E-state index contributed by atoms with van der Waals surface area (Å²) in [4.78, 5) is 22.4. The maximum atomic E-state index is 11.5. The molecule has 0 aromatic carbocycles. The zero-order valence-electron chi connectivity index (χ0n) is 11.2. The van der Waals surface area contributed by atoms with Crippen molar-refractivity contribution >= 4 is 12.0 Å². The van der Waals surface area contributed by atoms with Gasteiger partial charge < -0.3 is 25.2 Å². The highest BCUT2D eigenvalue weighted by atomic mass is 16.5. The van der Waals surface area contributed by atoms with Crippen molar-refractivity contribution < 1.29 is 24.2 Å². The third-order valence-corrected chi connectivity index (χ3v) is 2.81. The minimum Gasteiger partial charge on any atom is -0.481 e. The molecule has 7 nitrogen and oxygen atoms in total. The summed E-state index contributed by atoms with van der Waals surface area (Å²) in [7, 11) is 0. The number of aliphatic carboxylic acids is 1. The largest absolute Gasteiger partial charge is 0.481 e. The van der Waals surface area contributed by atoms with Gasteiger partial charge in [0.05, 0.1) is 19.3 Å². The first-order valence-corrected chi connectivity index (χ1v) is 6.57. The molecule has 0 spiro atoms. The van der Waals surface area contributed by atoms with Crippen molar-refractivity contribution in [2.45, 2.75) is 25.8 Å². The highest BCUT2D eigenvalue weighted by molar-refractivity contribution is 5.77. The number of amides is 2. The summed E-state index contributed by atoms with van der Waals surface area (Å²) in [5.41, 5.74) is 0. The Morgan fingerprint density at radius 3 is 2.84 bits per heavy atom. The molecule has 2 amide bonds. The van der Waals surface area contributed by atoms with E-state index < -0.39 is 17.9 Å². The molecular weight excluding hydrogens is 252 g/mol. The molecule has 2 unspecified atom stereocenters. The molecule has 1 aliphatic heterocycles. The second-order valence-electron chi connectivity index (χ2n) is 4.45. The van der Waals surface area contributed by atoms with Gasteiger partial charge in [-0.2, -0.15) is 0 Å². The zero-order chi connectivity index (χ0) is 14.1. The summed E-state index contributed by atoms with van der Waals surface area (Å²) in [6.07, 6.45) is 1.71. The highest BCUT2D eigenvalue weighted by Gasteiger charge is 2.34. The fourth-order valence-corrected chi connectivity index (χ4v) is 1.78. The van der Waals surface area contributed by atoms with E-state index in [0.29, 0.717) is 13.2 Å². The monoisotopic (exact) mass is 274 g/mol. The van der Waals surface area contributed by atoms with Crippen LogP contribution < -0.4 is 10.6 Å². The van der Waals surface area contributed by atoms with Crippen molar-refractivity contribution in [3.05, 3.63) is 0 Å². The quantitative estimate of drug-likeness (QED) is 0.549. The molecule has 0 radical (unpaired) electrons. The zero-order valence-corrected chi connectivity index (χ0v) is 11.2. The molecule has 0 bridgehead atoms. The van der Waals surface area contributed by atoms with Gasteiger partial charge in [-0.05, 0) is 12.8 Å². The van der Waals surface area contributed by atoms with Crippen molar-refractivity contribution in [3.63, 3.8) is 0 Å². The Bertz CT molecular complexity index is 298. The molecular formula is C12H22N2O5. The Morgan fingerprint density at radius 2 is 2.16 bits per heavy atom. The predicted molar refractivity (Wildman–Crippen MR) is 68.0 cm³/mol. The van der Waals surface area contributed by atoms with Gasteiger partial charge in [-0.25, -0.2) is 4.79 Å². The maximum Gasteiger partial charge on any atom is 0.315 e. The fraction of sp³-hybridized carbons (Fsp3) is 0.833. The van der Waals surface area contributed by atoms with Crippen molar-refractivity contribution in [1.29, 1.82) is 0 Å². The summed E-state index contributed by atoms with van der Waals surface area (Å²) in [5, 5.41) is 14.2. The number of carboxylic acid groups (broad SMARTS) is 1. The summed E-state index contributed by atoms with van der Waals surface area (Å²) >= 11 is 0. The number of carboxylic acids is 1. The number of hydrogen-bond acceptors (Lipinski definition) is 4. The van der Waals surface area contributed by atoms with Crippen LogP contribution in [-0.2, 0) is 14.3 Å². The maximum absolute atomic E-state index is 11.5. The van der Waals surface area contributed by atoms with E-state index in [1.54, 1.807) is 0 Å². The molecule has 7 heteroatoms. The first kappa shape index (κ1) is 15.7. The minimum absolute atomic E-state index is 0.144. The van der Waals surface area contributed by atoms with Crippen molar-refractivity contribution in [2.75, 3.05) is 33.0 Å². The Balaban J connectivity index is 2.12. The van der Waals surface area contributed by atoms with Gasteiger partial charge in [0, 0.05) is 19.8 Å². The van der Waals surface area contributed by atoms with Crippen LogP contribution in [0.2, 0.25) is 0 Å². The van der Waals surface area contributed by atoms with Crippen LogP contribution in [0.4, 0.5) is 4.79 Å². The summed E-state index contributed by atoms with van der Waals surface area (Å²) in [5.74, 6) is -1.62. The lowest BCUT2D eigenvalue weighted by molar-refractivity contribution is -0.142. The van der Waals surface area contributed by atoms with E-state index >= 15 is 0 Å². The van der Waals surface area contributed by atoms with E-state index in [2.05, 4.69) is 10.6 Å². The van der Waals surface area contributed by atoms with Crippen LogP contribution in [0.1, 0.15) is 19.8 Å². The average molecular weight is 274 g/mol. The standard InChI is InChI=1S/C12H22N2O5/c1-2-5-18-6-3-4-13-12(17)14-10-8-19-7-9(10)11(15)16/h9-10H,2-8H2,1H3,(H,15,16)(H2,13,14,17). The Labute approximate surface area is 112 Å². The number of urea groups is 1.